The number of nitrogens with one attached hydrogen (secondary N) is 2. The van der Waals surface area contributed by atoms with Gasteiger partial charge in [-0.2, -0.15) is 0 Å². The van der Waals surface area contributed by atoms with E-state index in [1.54, 1.807) is 7.11 Å². The quantitative estimate of drug-likeness (QED) is 0.790. The number of carbonyl (C=O) groups is 2. The fourth-order valence-electron chi connectivity index (χ4n) is 1.52. The maximum atomic E-state index is 11.4. The van der Waals surface area contributed by atoms with Gasteiger partial charge in [0.05, 0.1) is 14.2 Å². The first-order valence-corrected chi connectivity index (χ1v) is 5.91. The summed E-state index contributed by atoms with van der Waals surface area (Å²) in [4.78, 5) is 22.1. The van der Waals surface area contributed by atoms with E-state index in [4.69, 9.17) is 4.74 Å². The molecule has 0 unspecified atom stereocenters. The molecule has 0 heterocycles. The molecule has 0 fully saturated rings. The number of carbonyl (C=O) groups excluding carboxylic acids is 2. The Bertz CT molecular complexity index is 434. The van der Waals surface area contributed by atoms with Crippen molar-refractivity contribution in [2.24, 2.45) is 0 Å². The summed E-state index contributed by atoms with van der Waals surface area (Å²) in [5.74, 6) is 0.544. The lowest BCUT2D eigenvalue weighted by atomic mass is 10.1. The van der Waals surface area contributed by atoms with Crippen LogP contribution in [0.4, 0.5) is 4.79 Å². The molecule has 0 aliphatic heterocycles. The summed E-state index contributed by atoms with van der Waals surface area (Å²) in [5, 5.41) is 0. The molecule has 0 saturated carbocycles. The van der Waals surface area contributed by atoms with Crippen LogP contribution >= 0.6 is 0 Å². The molecule has 2 amide bonds. The van der Waals surface area contributed by atoms with Crippen molar-refractivity contribution in [2.45, 2.75) is 19.3 Å². The molecular formula is C13H18N2O4. The number of ether oxygens (including phenoxy) is 2. The Morgan fingerprint density at radius 3 is 2.68 bits per heavy atom. The fourth-order valence-corrected chi connectivity index (χ4v) is 1.52. The van der Waals surface area contributed by atoms with Gasteiger partial charge in [-0.25, -0.2) is 10.2 Å². The molecule has 19 heavy (non-hydrogen) atoms. The van der Waals surface area contributed by atoms with Crippen LogP contribution in [0.1, 0.15) is 18.4 Å². The second-order valence-electron chi connectivity index (χ2n) is 3.87. The van der Waals surface area contributed by atoms with Gasteiger partial charge in [0.15, 0.2) is 0 Å². The van der Waals surface area contributed by atoms with E-state index >= 15 is 0 Å². The first-order chi connectivity index (χ1) is 9.15. The van der Waals surface area contributed by atoms with Crippen molar-refractivity contribution in [3.05, 3.63) is 29.8 Å². The normalized spacial score (nSPS) is 9.58. The van der Waals surface area contributed by atoms with Crippen LogP contribution in [0.5, 0.6) is 5.75 Å². The molecule has 1 aromatic carbocycles. The first-order valence-electron chi connectivity index (χ1n) is 5.91. The highest BCUT2D eigenvalue weighted by Crippen LogP contribution is 2.14. The van der Waals surface area contributed by atoms with Crippen molar-refractivity contribution in [2.75, 3.05) is 14.2 Å². The Balaban J connectivity index is 2.25. The van der Waals surface area contributed by atoms with Crippen LogP contribution in [0.25, 0.3) is 0 Å². The lowest BCUT2D eigenvalue weighted by Crippen LogP contribution is -2.41. The summed E-state index contributed by atoms with van der Waals surface area (Å²) in [6.07, 6.45) is 1.08. The van der Waals surface area contributed by atoms with Gasteiger partial charge in [-0.05, 0) is 30.5 Å². The molecule has 0 aliphatic carbocycles. The van der Waals surface area contributed by atoms with Crippen LogP contribution in [0.3, 0.4) is 0 Å². The zero-order chi connectivity index (χ0) is 14.1. The highest BCUT2D eigenvalue weighted by atomic mass is 16.5. The summed E-state index contributed by atoms with van der Waals surface area (Å²) < 4.78 is 9.44. The van der Waals surface area contributed by atoms with E-state index < -0.39 is 6.09 Å². The van der Waals surface area contributed by atoms with Crippen molar-refractivity contribution in [1.82, 2.24) is 10.9 Å². The maximum absolute atomic E-state index is 11.4. The molecule has 0 spiro atoms. The molecular weight excluding hydrogens is 248 g/mol. The SMILES string of the molecule is COC(=O)NNC(=O)CCCc1cccc(OC)c1. The van der Waals surface area contributed by atoms with Crippen LogP contribution in [0.15, 0.2) is 24.3 Å². The molecule has 0 saturated heterocycles. The van der Waals surface area contributed by atoms with Gasteiger partial charge in [-0.1, -0.05) is 12.1 Å². The summed E-state index contributed by atoms with van der Waals surface area (Å²) in [6.45, 7) is 0. The van der Waals surface area contributed by atoms with Gasteiger partial charge >= 0.3 is 6.09 Å². The van der Waals surface area contributed by atoms with Crippen molar-refractivity contribution < 1.29 is 19.1 Å². The summed E-state index contributed by atoms with van der Waals surface area (Å²) >= 11 is 0. The molecule has 0 bridgehead atoms. The molecule has 6 heteroatoms. The van der Waals surface area contributed by atoms with E-state index in [-0.39, 0.29) is 5.91 Å². The van der Waals surface area contributed by atoms with Crippen molar-refractivity contribution in [1.29, 1.82) is 0 Å². The summed E-state index contributed by atoms with van der Waals surface area (Å²) in [5.41, 5.74) is 5.48. The lowest BCUT2D eigenvalue weighted by molar-refractivity contribution is -0.122. The third-order valence-corrected chi connectivity index (χ3v) is 2.49. The zero-order valence-electron chi connectivity index (χ0n) is 11.1. The number of hydrogen-bond donors (Lipinski definition) is 2. The maximum Gasteiger partial charge on any atom is 0.425 e. The predicted molar refractivity (Wildman–Crippen MR) is 69.6 cm³/mol. The number of methoxy groups -OCH3 is 2. The minimum atomic E-state index is -0.693. The van der Waals surface area contributed by atoms with Crippen molar-refractivity contribution in [3.8, 4) is 5.75 Å². The lowest BCUT2D eigenvalue weighted by Gasteiger charge is -2.06. The first kappa shape index (κ1) is 14.8. The standard InChI is InChI=1S/C13H18N2O4/c1-18-11-7-3-5-10(9-11)6-4-8-12(16)14-15-13(17)19-2/h3,5,7,9H,4,6,8H2,1-2H3,(H,14,16)(H,15,17). The smallest absolute Gasteiger partial charge is 0.425 e. The summed E-state index contributed by atoms with van der Waals surface area (Å²) in [7, 11) is 2.84. The van der Waals surface area contributed by atoms with E-state index in [1.165, 1.54) is 7.11 Å². The molecule has 0 aromatic heterocycles. The van der Waals surface area contributed by atoms with E-state index in [9.17, 15) is 9.59 Å². The predicted octanol–water partition coefficient (Wildman–Crippen LogP) is 1.41. The fraction of sp³-hybridized carbons (Fsp3) is 0.385. The number of rotatable bonds is 5. The van der Waals surface area contributed by atoms with E-state index in [0.717, 1.165) is 17.7 Å². The molecule has 6 nitrogen and oxygen atoms in total. The topological polar surface area (TPSA) is 76.7 Å². The molecule has 0 radical (unpaired) electrons. The molecule has 0 atom stereocenters. The minimum absolute atomic E-state index is 0.256. The van der Waals surface area contributed by atoms with Crippen LogP contribution in [0.2, 0.25) is 0 Å². The molecule has 1 aromatic rings. The molecule has 0 aliphatic rings. The molecule has 2 N–H and O–H groups in total. The highest BCUT2D eigenvalue weighted by Gasteiger charge is 2.04. The Morgan fingerprint density at radius 2 is 2.00 bits per heavy atom. The van der Waals surface area contributed by atoms with Gasteiger partial charge in [0.1, 0.15) is 5.75 Å². The highest BCUT2D eigenvalue weighted by molar-refractivity contribution is 5.78. The Morgan fingerprint density at radius 1 is 1.21 bits per heavy atom. The van der Waals surface area contributed by atoms with Gasteiger partial charge in [-0.15, -0.1) is 0 Å². The van der Waals surface area contributed by atoms with Crippen molar-refractivity contribution >= 4 is 12.0 Å². The molecule has 104 valence electrons. The second-order valence-corrected chi connectivity index (χ2v) is 3.87. The number of hydrazine groups is 1. The monoisotopic (exact) mass is 266 g/mol. The van der Waals surface area contributed by atoms with Gasteiger partial charge in [-0.3, -0.25) is 10.2 Å². The number of aryl methyl sites for hydroxylation is 1. The number of benzene rings is 1. The van der Waals surface area contributed by atoms with E-state index in [0.29, 0.717) is 12.8 Å². The average molecular weight is 266 g/mol. The van der Waals surface area contributed by atoms with E-state index in [2.05, 4.69) is 15.6 Å². The Labute approximate surface area is 112 Å². The average Bonchev–Trinajstić information content (AvgIpc) is 2.45. The van der Waals surface area contributed by atoms with Gasteiger partial charge in [0.2, 0.25) is 5.91 Å². The summed E-state index contributed by atoms with van der Waals surface area (Å²) in [6, 6.07) is 7.70. The minimum Gasteiger partial charge on any atom is -0.497 e. The number of hydrogen-bond acceptors (Lipinski definition) is 4. The van der Waals surface area contributed by atoms with Crippen LogP contribution in [-0.4, -0.2) is 26.2 Å². The molecule has 1 rings (SSSR count). The number of amides is 2. The van der Waals surface area contributed by atoms with Crippen molar-refractivity contribution in [3.63, 3.8) is 0 Å². The Hall–Kier alpha value is -2.24. The van der Waals surface area contributed by atoms with Gasteiger partial charge < -0.3 is 9.47 Å². The third-order valence-electron chi connectivity index (χ3n) is 2.49. The van der Waals surface area contributed by atoms with Crippen LogP contribution in [0, 0.1) is 0 Å². The third kappa shape index (κ3) is 5.76. The van der Waals surface area contributed by atoms with Gasteiger partial charge in [0, 0.05) is 6.42 Å². The Kier molecular flexibility index (Phi) is 6.21. The van der Waals surface area contributed by atoms with E-state index in [1.807, 2.05) is 24.3 Å². The van der Waals surface area contributed by atoms with Gasteiger partial charge in [0.25, 0.3) is 0 Å². The second kappa shape index (κ2) is 7.97. The largest absolute Gasteiger partial charge is 0.497 e. The van der Waals surface area contributed by atoms with Crippen LogP contribution < -0.4 is 15.6 Å². The zero-order valence-corrected chi connectivity index (χ0v) is 11.1. The van der Waals surface area contributed by atoms with Crippen LogP contribution in [-0.2, 0) is 16.0 Å².